The summed E-state index contributed by atoms with van der Waals surface area (Å²) < 4.78 is 41.9. The van der Waals surface area contributed by atoms with Crippen molar-refractivity contribution in [2.45, 2.75) is 32.2 Å². The van der Waals surface area contributed by atoms with Crippen LogP contribution in [0.4, 0.5) is 13.2 Å². The van der Waals surface area contributed by atoms with E-state index in [1.54, 1.807) is 6.92 Å². The van der Waals surface area contributed by atoms with Gasteiger partial charge in [-0.3, -0.25) is 24.1 Å². The predicted octanol–water partition coefficient (Wildman–Crippen LogP) is 2.52. The van der Waals surface area contributed by atoms with E-state index >= 15 is 0 Å². The summed E-state index contributed by atoms with van der Waals surface area (Å²) in [5, 5.41) is 14.6. The van der Waals surface area contributed by atoms with E-state index in [4.69, 9.17) is 6.42 Å². The molecule has 0 saturated heterocycles. The number of pyridine rings is 1. The van der Waals surface area contributed by atoms with Gasteiger partial charge in [-0.25, -0.2) is 13.2 Å². The van der Waals surface area contributed by atoms with E-state index in [1.807, 2.05) is 0 Å². The van der Waals surface area contributed by atoms with Crippen LogP contribution >= 0.6 is 0 Å². The van der Waals surface area contributed by atoms with Crippen LogP contribution in [0.2, 0.25) is 0 Å². The molecule has 37 heavy (non-hydrogen) atoms. The molecule has 0 spiro atoms. The highest BCUT2D eigenvalue weighted by atomic mass is 19.1. The number of nitrogens with zero attached hydrogens (tertiary/aromatic N) is 3. The topological polar surface area (TPSA) is 94.9 Å². The molecule has 2 aliphatic rings. The number of benzene rings is 1. The van der Waals surface area contributed by atoms with Crippen molar-refractivity contribution < 1.29 is 27.9 Å². The fraction of sp³-hybridized carbons (Fsp3) is 0.269. The van der Waals surface area contributed by atoms with Gasteiger partial charge in [0.2, 0.25) is 5.43 Å². The van der Waals surface area contributed by atoms with Crippen molar-refractivity contribution in [1.29, 1.82) is 0 Å². The summed E-state index contributed by atoms with van der Waals surface area (Å²) in [6, 6.07) is 5.50. The van der Waals surface area contributed by atoms with Gasteiger partial charge in [0.05, 0.1) is 6.54 Å². The summed E-state index contributed by atoms with van der Waals surface area (Å²) in [5.41, 5.74) is -1.38. The maximum atomic E-state index is 14.0. The number of amides is 2. The van der Waals surface area contributed by atoms with Crippen LogP contribution in [0.5, 0.6) is 5.75 Å². The molecule has 1 aromatic heterocycles. The molecule has 2 aromatic rings. The number of alkyl halides is 1. The number of rotatable bonds is 6. The molecule has 192 valence electrons. The Hall–Kier alpha value is -4.46. The molecule has 2 amide bonds. The maximum absolute atomic E-state index is 14.0. The van der Waals surface area contributed by atoms with Gasteiger partial charge in [0.25, 0.3) is 11.8 Å². The first-order chi connectivity index (χ1) is 17.7. The Morgan fingerprint density at radius 3 is 2.57 bits per heavy atom. The Morgan fingerprint density at radius 2 is 1.95 bits per heavy atom. The molecule has 0 saturated carbocycles. The van der Waals surface area contributed by atoms with Crippen molar-refractivity contribution in [2.24, 2.45) is 0 Å². The quantitative estimate of drug-likeness (QED) is 0.581. The fourth-order valence-electron chi connectivity index (χ4n) is 4.22. The second kappa shape index (κ2) is 10.3. The Balaban J connectivity index is 1.74. The highest BCUT2D eigenvalue weighted by Crippen LogP contribution is 2.26. The highest BCUT2D eigenvalue weighted by Gasteiger charge is 2.39. The van der Waals surface area contributed by atoms with E-state index in [9.17, 15) is 32.7 Å². The Kier molecular flexibility index (Phi) is 7.11. The summed E-state index contributed by atoms with van der Waals surface area (Å²) in [6.45, 7) is 1.52. The zero-order valence-corrected chi connectivity index (χ0v) is 19.7. The van der Waals surface area contributed by atoms with Crippen molar-refractivity contribution in [1.82, 2.24) is 14.9 Å². The van der Waals surface area contributed by atoms with Gasteiger partial charge in [-0.1, -0.05) is 24.1 Å². The average Bonchev–Trinajstić information content (AvgIpc) is 2.87. The number of halogens is 3. The first-order valence-electron chi connectivity index (χ1n) is 11.4. The monoisotopic (exact) mass is 512 g/mol. The van der Waals surface area contributed by atoms with Crippen LogP contribution in [0.3, 0.4) is 0 Å². The number of carbonyl (C=O) groups is 2. The summed E-state index contributed by atoms with van der Waals surface area (Å²) in [4.78, 5) is 40.2. The van der Waals surface area contributed by atoms with E-state index in [0.29, 0.717) is 5.56 Å². The van der Waals surface area contributed by atoms with Crippen molar-refractivity contribution in [3.8, 4) is 18.1 Å². The molecule has 11 heteroatoms. The van der Waals surface area contributed by atoms with Crippen LogP contribution in [0.1, 0.15) is 39.8 Å². The van der Waals surface area contributed by atoms with Crippen molar-refractivity contribution >= 4 is 11.8 Å². The van der Waals surface area contributed by atoms with Gasteiger partial charge in [-0.15, -0.1) is 6.42 Å². The van der Waals surface area contributed by atoms with Crippen molar-refractivity contribution in [3.63, 3.8) is 0 Å². The lowest BCUT2D eigenvalue weighted by Crippen LogP contribution is -2.60. The summed E-state index contributed by atoms with van der Waals surface area (Å²) >= 11 is 0. The molecular weight excluding hydrogens is 489 g/mol. The number of allylic oxidation sites excluding steroid dienone is 2. The summed E-state index contributed by atoms with van der Waals surface area (Å²) in [6.07, 6.45) is 6.43. The standard InChI is InChI=1S/C26H23F3N4O4/c1-3-21-31(4-2)26(37)22-24(35)23(34)19(25(36)30-12-16-7-10-18(28)11-20(16)29)14-33(22)32(21)13-15-5-8-17(27)9-6-15/h1,5-9,11,14,18,21,35H,4,10,12-13H2,2H3,(H,30,36)/t18?,21-/m0/s1. The molecular formula is C26H23F3N4O4. The molecule has 1 aliphatic heterocycles. The number of carbonyl (C=O) groups excluding carboxylic acids is 2. The first-order valence-corrected chi connectivity index (χ1v) is 11.4. The van der Waals surface area contributed by atoms with Crippen LogP contribution in [0.25, 0.3) is 0 Å². The molecule has 1 aliphatic carbocycles. The third-order valence-corrected chi connectivity index (χ3v) is 6.14. The highest BCUT2D eigenvalue weighted by molar-refractivity contribution is 5.99. The van der Waals surface area contributed by atoms with Gasteiger partial charge >= 0.3 is 0 Å². The summed E-state index contributed by atoms with van der Waals surface area (Å²) in [5.74, 6) is -1.40. The largest absolute Gasteiger partial charge is 0.502 e. The van der Waals surface area contributed by atoms with Crippen LogP contribution in [0, 0.1) is 18.2 Å². The number of terminal acetylenes is 1. The van der Waals surface area contributed by atoms with Crippen LogP contribution in [-0.4, -0.2) is 51.9 Å². The van der Waals surface area contributed by atoms with E-state index in [1.165, 1.54) is 40.3 Å². The minimum atomic E-state index is -1.46. The lowest BCUT2D eigenvalue weighted by Gasteiger charge is -2.44. The molecule has 2 heterocycles. The summed E-state index contributed by atoms with van der Waals surface area (Å²) in [7, 11) is 0. The molecule has 1 aromatic carbocycles. The molecule has 2 atom stereocenters. The van der Waals surface area contributed by atoms with Gasteiger partial charge in [0, 0.05) is 31.3 Å². The number of aromatic nitrogens is 1. The second-order valence-corrected chi connectivity index (χ2v) is 8.45. The molecule has 8 nitrogen and oxygen atoms in total. The van der Waals surface area contributed by atoms with Crippen LogP contribution < -0.4 is 15.8 Å². The van der Waals surface area contributed by atoms with Crippen LogP contribution in [-0.2, 0) is 6.54 Å². The lowest BCUT2D eigenvalue weighted by molar-refractivity contribution is 0.0637. The van der Waals surface area contributed by atoms with E-state index in [-0.39, 0.29) is 31.6 Å². The van der Waals surface area contributed by atoms with E-state index in [0.717, 1.165) is 16.9 Å². The zero-order valence-electron chi connectivity index (χ0n) is 19.7. The number of aromatic hydroxyl groups is 1. The Bertz CT molecular complexity index is 1410. The zero-order chi connectivity index (χ0) is 26.9. The Morgan fingerprint density at radius 1 is 1.24 bits per heavy atom. The number of fused-ring (bicyclic) bond motifs is 1. The average molecular weight is 512 g/mol. The second-order valence-electron chi connectivity index (χ2n) is 8.45. The van der Waals surface area contributed by atoms with Crippen LogP contribution in [0.15, 0.2) is 58.8 Å². The van der Waals surface area contributed by atoms with Crippen molar-refractivity contribution in [2.75, 3.05) is 18.1 Å². The normalized spacial score (nSPS) is 19.1. The van der Waals surface area contributed by atoms with Gasteiger partial charge in [-0.05, 0) is 30.7 Å². The number of hydrogen-bond acceptors (Lipinski definition) is 5. The van der Waals surface area contributed by atoms with Crippen molar-refractivity contribution in [3.05, 3.63) is 86.9 Å². The first kappa shape index (κ1) is 25.6. The van der Waals surface area contributed by atoms with E-state index < -0.39 is 58.2 Å². The smallest absolute Gasteiger partial charge is 0.278 e. The third kappa shape index (κ3) is 4.82. The maximum Gasteiger partial charge on any atom is 0.278 e. The Labute approximate surface area is 210 Å². The number of hydrogen-bond donors (Lipinski definition) is 2. The predicted molar refractivity (Wildman–Crippen MR) is 129 cm³/mol. The minimum absolute atomic E-state index is 0.0303. The fourth-order valence-corrected chi connectivity index (χ4v) is 4.22. The molecule has 0 radical (unpaired) electrons. The van der Waals surface area contributed by atoms with Gasteiger partial charge in [0.15, 0.2) is 17.6 Å². The molecule has 0 fully saturated rings. The lowest BCUT2D eigenvalue weighted by atomic mass is 10.0. The SMILES string of the molecule is C#C[C@H]1N(CC)C(=O)c2c(O)c(=O)c(C(=O)NCC3=CCC(F)C=C3F)cn2N1Cc1ccc(F)cc1. The molecule has 0 bridgehead atoms. The van der Waals surface area contributed by atoms with E-state index in [2.05, 4.69) is 11.2 Å². The van der Waals surface area contributed by atoms with Gasteiger partial charge in [-0.2, -0.15) is 0 Å². The van der Waals surface area contributed by atoms with Gasteiger partial charge < -0.3 is 15.3 Å². The van der Waals surface area contributed by atoms with Gasteiger partial charge in [0.1, 0.15) is 23.4 Å². The third-order valence-electron chi connectivity index (χ3n) is 6.14. The molecule has 2 N–H and O–H groups in total. The minimum Gasteiger partial charge on any atom is -0.502 e. The number of nitrogens with one attached hydrogen (secondary N) is 1. The molecule has 1 unspecified atom stereocenters. The molecule has 4 rings (SSSR count).